The summed E-state index contributed by atoms with van der Waals surface area (Å²) in [5.41, 5.74) is 2.00. The third kappa shape index (κ3) is 3.05. The van der Waals surface area contributed by atoms with Gasteiger partial charge in [-0.15, -0.1) is 0 Å². The third-order valence-electron chi connectivity index (χ3n) is 2.19. The predicted molar refractivity (Wildman–Crippen MR) is 73.9 cm³/mol. The van der Waals surface area contributed by atoms with Gasteiger partial charge in [-0.05, 0) is 40.5 Å². The maximum absolute atomic E-state index is 11.9. The topological polar surface area (TPSA) is 54.9 Å². The van der Waals surface area contributed by atoms with E-state index in [9.17, 15) is 4.79 Å². The van der Waals surface area contributed by atoms with Crippen molar-refractivity contribution < 1.29 is 4.79 Å². The highest BCUT2D eigenvalue weighted by molar-refractivity contribution is 9.10. The molecule has 0 aliphatic heterocycles. The summed E-state index contributed by atoms with van der Waals surface area (Å²) >= 11 is 9.02. The quantitative estimate of drug-likeness (QED) is 0.860. The minimum atomic E-state index is -0.234. The molecule has 0 atom stereocenters. The van der Waals surface area contributed by atoms with Gasteiger partial charge in [0.2, 0.25) is 0 Å². The molecule has 1 N–H and O–H groups in total. The van der Waals surface area contributed by atoms with E-state index in [0.717, 1.165) is 5.56 Å². The minimum Gasteiger partial charge on any atom is -0.321 e. The second-order valence-corrected chi connectivity index (χ2v) is 4.91. The summed E-state index contributed by atoms with van der Waals surface area (Å²) in [4.78, 5) is 19.8. The maximum atomic E-state index is 11.9. The highest BCUT2D eigenvalue weighted by Crippen LogP contribution is 2.23. The van der Waals surface area contributed by atoms with Gasteiger partial charge < -0.3 is 5.32 Å². The SMILES string of the molecule is Cc1cncc(C(=O)Nc2cnc(Cl)c(Br)c2)c1. The number of nitrogens with one attached hydrogen (secondary N) is 1. The predicted octanol–water partition coefficient (Wildman–Crippen LogP) is 3.45. The summed E-state index contributed by atoms with van der Waals surface area (Å²) in [5.74, 6) is -0.234. The average Bonchev–Trinajstić information content (AvgIpc) is 2.34. The molecule has 92 valence electrons. The van der Waals surface area contributed by atoms with E-state index in [-0.39, 0.29) is 5.91 Å². The summed E-state index contributed by atoms with van der Waals surface area (Å²) < 4.78 is 0.629. The first-order valence-electron chi connectivity index (χ1n) is 5.10. The Hall–Kier alpha value is -1.46. The Balaban J connectivity index is 2.18. The van der Waals surface area contributed by atoms with Crippen LogP contribution in [0.25, 0.3) is 0 Å². The van der Waals surface area contributed by atoms with Crippen LogP contribution in [-0.2, 0) is 0 Å². The van der Waals surface area contributed by atoms with E-state index in [1.165, 1.54) is 12.4 Å². The van der Waals surface area contributed by atoms with Gasteiger partial charge in [0.1, 0.15) is 5.15 Å². The van der Waals surface area contributed by atoms with Crippen LogP contribution >= 0.6 is 27.5 Å². The lowest BCUT2D eigenvalue weighted by atomic mass is 10.2. The van der Waals surface area contributed by atoms with E-state index in [4.69, 9.17) is 11.6 Å². The first-order chi connectivity index (χ1) is 8.56. The smallest absolute Gasteiger partial charge is 0.257 e. The van der Waals surface area contributed by atoms with Crippen LogP contribution in [-0.4, -0.2) is 15.9 Å². The lowest BCUT2D eigenvalue weighted by Gasteiger charge is -2.06. The van der Waals surface area contributed by atoms with Crippen LogP contribution in [0.2, 0.25) is 5.15 Å². The van der Waals surface area contributed by atoms with Gasteiger partial charge in [0, 0.05) is 12.4 Å². The molecule has 6 heteroatoms. The molecule has 2 rings (SSSR count). The van der Waals surface area contributed by atoms with Crippen molar-refractivity contribution >= 4 is 39.1 Å². The largest absolute Gasteiger partial charge is 0.321 e. The fourth-order valence-corrected chi connectivity index (χ4v) is 1.82. The van der Waals surface area contributed by atoms with Gasteiger partial charge in [-0.25, -0.2) is 4.98 Å². The number of halogens is 2. The normalized spacial score (nSPS) is 10.2. The summed E-state index contributed by atoms with van der Waals surface area (Å²) in [6, 6.07) is 3.46. The summed E-state index contributed by atoms with van der Waals surface area (Å²) in [5, 5.41) is 3.08. The lowest BCUT2D eigenvalue weighted by molar-refractivity contribution is 0.102. The molecule has 2 aromatic heterocycles. The summed E-state index contributed by atoms with van der Waals surface area (Å²) in [6.07, 6.45) is 4.70. The van der Waals surface area contributed by atoms with Crippen LogP contribution < -0.4 is 5.32 Å². The first kappa shape index (κ1) is 13.0. The monoisotopic (exact) mass is 325 g/mol. The molecule has 2 aromatic rings. The molecule has 0 fully saturated rings. The minimum absolute atomic E-state index is 0.234. The van der Waals surface area contributed by atoms with Crippen molar-refractivity contribution in [1.82, 2.24) is 9.97 Å². The molecular weight excluding hydrogens is 318 g/mol. The van der Waals surface area contributed by atoms with E-state index in [1.807, 2.05) is 6.92 Å². The second-order valence-electron chi connectivity index (χ2n) is 3.70. The van der Waals surface area contributed by atoms with Crippen LogP contribution in [0.1, 0.15) is 15.9 Å². The zero-order chi connectivity index (χ0) is 13.1. The van der Waals surface area contributed by atoms with Crippen LogP contribution in [0.3, 0.4) is 0 Å². The van der Waals surface area contributed by atoms with E-state index >= 15 is 0 Å². The van der Waals surface area contributed by atoms with Crippen molar-refractivity contribution in [2.24, 2.45) is 0 Å². The third-order valence-corrected chi connectivity index (χ3v) is 3.33. The van der Waals surface area contributed by atoms with Crippen molar-refractivity contribution in [2.75, 3.05) is 5.32 Å². The van der Waals surface area contributed by atoms with E-state index in [0.29, 0.717) is 20.9 Å². The van der Waals surface area contributed by atoms with Gasteiger partial charge in [0.25, 0.3) is 5.91 Å². The van der Waals surface area contributed by atoms with E-state index in [1.54, 1.807) is 18.3 Å². The average molecular weight is 327 g/mol. The highest BCUT2D eigenvalue weighted by Gasteiger charge is 2.08. The zero-order valence-corrected chi connectivity index (χ0v) is 11.8. The van der Waals surface area contributed by atoms with Crippen LogP contribution in [0.5, 0.6) is 0 Å². The number of carbonyl (C=O) groups excluding carboxylic acids is 1. The Bertz CT molecular complexity index is 604. The highest BCUT2D eigenvalue weighted by atomic mass is 79.9. The van der Waals surface area contributed by atoms with Gasteiger partial charge in [-0.1, -0.05) is 11.6 Å². The standard InChI is InChI=1S/C12H9BrClN3O/c1-7-2-8(5-15-4-7)12(18)17-9-3-10(13)11(14)16-6-9/h2-6H,1H3,(H,17,18). The number of pyridine rings is 2. The first-order valence-corrected chi connectivity index (χ1v) is 6.27. The molecule has 2 heterocycles. The molecule has 0 saturated carbocycles. The van der Waals surface area contributed by atoms with Crippen LogP contribution in [0.15, 0.2) is 35.2 Å². The second kappa shape index (κ2) is 5.46. The van der Waals surface area contributed by atoms with Gasteiger partial charge in [-0.3, -0.25) is 9.78 Å². The number of anilines is 1. The number of nitrogens with zero attached hydrogens (tertiary/aromatic N) is 2. The fourth-order valence-electron chi connectivity index (χ4n) is 1.37. The molecular formula is C12H9BrClN3O. The number of amides is 1. The molecule has 0 unspecified atom stereocenters. The Labute approximate surface area is 118 Å². The fraction of sp³-hybridized carbons (Fsp3) is 0.0833. The van der Waals surface area contributed by atoms with E-state index < -0.39 is 0 Å². The van der Waals surface area contributed by atoms with Crippen molar-refractivity contribution in [3.63, 3.8) is 0 Å². The number of aryl methyl sites for hydroxylation is 1. The summed E-state index contributed by atoms with van der Waals surface area (Å²) in [7, 11) is 0. The van der Waals surface area contributed by atoms with Crippen molar-refractivity contribution in [2.45, 2.75) is 6.92 Å². The van der Waals surface area contributed by atoms with Crippen molar-refractivity contribution in [1.29, 1.82) is 0 Å². The van der Waals surface area contributed by atoms with Crippen LogP contribution in [0, 0.1) is 6.92 Å². The number of hydrogen-bond acceptors (Lipinski definition) is 3. The molecule has 4 nitrogen and oxygen atoms in total. The number of rotatable bonds is 2. The van der Waals surface area contributed by atoms with Crippen molar-refractivity contribution in [3.8, 4) is 0 Å². The Morgan fingerprint density at radius 3 is 2.78 bits per heavy atom. The molecule has 0 spiro atoms. The number of aromatic nitrogens is 2. The molecule has 1 amide bonds. The molecule has 0 bridgehead atoms. The Morgan fingerprint density at radius 1 is 1.33 bits per heavy atom. The molecule has 0 aliphatic rings. The number of carbonyl (C=O) groups is 1. The van der Waals surface area contributed by atoms with Gasteiger partial charge in [0.15, 0.2) is 0 Å². The summed E-state index contributed by atoms with van der Waals surface area (Å²) in [6.45, 7) is 1.88. The van der Waals surface area contributed by atoms with Crippen molar-refractivity contribution in [3.05, 3.63) is 51.5 Å². The van der Waals surface area contributed by atoms with Crippen LogP contribution in [0.4, 0.5) is 5.69 Å². The van der Waals surface area contributed by atoms with Gasteiger partial charge >= 0.3 is 0 Å². The Kier molecular flexibility index (Phi) is 3.93. The molecule has 0 aliphatic carbocycles. The molecule has 0 aromatic carbocycles. The van der Waals surface area contributed by atoms with Gasteiger partial charge in [-0.2, -0.15) is 0 Å². The van der Waals surface area contributed by atoms with E-state index in [2.05, 4.69) is 31.2 Å². The maximum Gasteiger partial charge on any atom is 0.257 e. The zero-order valence-electron chi connectivity index (χ0n) is 9.45. The lowest BCUT2D eigenvalue weighted by Crippen LogP contribution is -2.12. The Morgan fingerprint density at radius 2 is 2.11 bits per heavy atom. The number of hydrogen-bond donors (Lipinski definition) is 1. The molecule has 18 heavy (non-hydrogen) atoms. The molecule has 0 radical (unpaired) electrons. The van der Waals surface area contributed by atoms with Gasteiger partial charge in [0.05, 0.1) is 21.9 Å². The molecule has 0 saturated heterocycles.